The van der Waals surface area contributed by atoms with Gasteiger partial charge in [0.1, 0.15) is 0 Å². The van der Waals surface area contributed by atoms with Crippen molar-refractivity contribution in [3.05, 3.63) is 34.9 Å². The van der Waals surface area contributed by atoms with Crippen LogP contribution in [0.5, 0.6) is 0 Å². The number of rotatable bonds is 5. The monoisotopic (exact) mass is 246 g/mol. The molecule has 0 unspecified atom stereocenters. The molecule has 0 heteroatoms. The van der Waals surface area contributed by atoms with Gasteiger partial charge in [0.25, 0.3) is 0 Å². The smallest absolute Gasteiger partial charge is 0.0113 e. The van der Waals surface area contributed by atoms with Crippen molar-refractivity contribution in [2.45, 2.75) is 66.7 Å². The summed E-state index contributed by atoms with van der Waals surface area (Å²) in [6.45, 7) is 16.3. The van der Waals surface area contributed by atoms with Crippen LogP contribution in [0.2, 0.25) is 0 Å². The molecular weight excluding hydrogens is 216 g/mol. The van der Waals surface area contributed by atoms with Gasteiger partial charge >= 0.3 is 0 Å². The molecule has 0 spiro atoms. The zero-order valence-corrected chi connectivity index (χ0v) is 13.2. The summed E-state index contributed by atoms with van der Waals surface area (Å²) in [4.78, 5) is 0. The van der Waals surface area contributed by atoms with Gasteiger partial charge in [-0.15, -0.1) is 0 Å². The molecule has 0 aliphatic heterocycles. The van der Waals surface area contributed by atoms with Gasteiger partial charge in [0.2, 0.25) is 0 Å². The Kier molecular flexibility index (Phi) is 5.44. The summed E-state index contributed by atoms with van der Waals surface area (Å²) in [6.07, 6.45) is 1.14. The normalized spacial score (nSPS) is 12.2. The molecule has 1 rings (SSSR count). The largest absolute Gasteiger partial charge is 0.0622 e. The van der Waals surface area contributed by atoms with Crippen molar-refractivity contribution in [1.29, 1.82) is 0 Å². The molecule has 18 heavy (non-hydrogen) atoms. The van der Waals surface area contributed by atoms with Crippen LogP contribution in [-0.2, 0) is 6.42 Å². The van der Waals surface area contributed by atoms with Gasteiger partial charge in [-0.3, -0.25) is 0 Å². The van der Waals surface area contributed by atoms with E-state index in [1.54, 1.807) is 11.1 Å². The zero-order valence-electron chi connectivity index (χ0n) is 13.2. The minimum absolute atomic E-state index is 0.621. The van der Waals surface area contributed by atoms with E-state index in [0.29, 0.717) is 23.7 Å². The van der Waals surface area contributed by atoms with Crippen molar-refractivity contribution in [3.63, 3.8) is 0 Å². The highest BCUT2D eigenvalue weighted by Crippen LogP contribution is 2.37. The third-order valence-electron chi connectivity index (χ3n) is 3.98. The van der Waals surface area contributed by atoms with Crippen LogP contribution in [-0.4, -0.2) is 0 Å². The summed E-state index contributed by atoms with van der Waals surface area (Å²) in [7, 11) is 0. The van der Waals surface area contributed by atoms with Crippen LogP contribution in [0.4, 0.5) is 0 Å². The molecule has 102 valence electrons. The second kappa shape index (κ2) is 6.41. The lowest BCUT2D eigenvalue weighted by molar-refractivity contribution is 0.384. The molecule has 0 aliphatic rings. The summed E-state index contributed by atoms with van der Waals surface area (Å²) < 4.78 is 0. The average molecular weight is 246 g/mol. The molecule has 0 bridgehead atoms. The van der Waals surface area contributed by atoms with Gasteiger partial charge < -0.3 is 0 Å². The summed E-state index contributed by atoms with van der Waals surface area (Å²) in [5.74, 6) is 2.70. The Morgan fingerprint density at radius 3 is 1.83 bits per heavy atom. The van der Waals surface area contributed by atoms with Crippen LogP contribution in [0.1, 0.15) is 77.0 Å². The summed E-state index contributed by atoms with van der Waals surface area (Å²) in [5.41, 5.74) is 4.73. The molecule has 0 fully saturated rings. The van der Waals surface area contributed by atoms with Crippen molar-refractivity contribution in [2.75, 3.05) is 0 Å². The first-order valence-electron chi connectivity index (χ1n) is 7.51. The Morgan fingerprint density at radius 2 is 1.44 bits per heavy atom. The van der Waals surface area contributed by atoms with E-state index in [4.69, 9.17) is 0 Å². The van der Waals surface area contributed by atoms with Gasteiger partial charge in [0, 0.05) is 0 Å². The molecule has 0 aliphatic carbocycles. The third-order valence-corrected chi connectivity index (χ3v) is 3.98. The highest BCUT2D eigenvalue weighted by Gasteiger charge is 2.24. The summed E-state index contributed by atoms with van der Waals surface area (Å²) >= 11 is 0. The van der Waals surface area contributed by atoms with Crippen LogP contribution in [0.15, 0.2) is 18.2 Å². The van der Waals surface area contributed by atoms with E-state index >= 15 is 0 Å². The summed E-state index contributed by atoms with van der Waals surface area (Å²) in [5, 5.41) is 0. The van der Waals surface area contributed by atoms with E-state index in [1.165, 1.54) is 5.56 Å². The minimum atomic E-state index is 0.621. The predicted octanol–water partition coefficient (Wildman–Crippen LogP) is 5.77. The number of benzene rings is 1. The van der Waals surface area contributed by atoms with Gasteiger partial charge in [-0.1, -0.05) is 66.7 Å². The Morgan fingerprint density at radius 1 is 0.889 bits per heavy atom. The molecule has 1 aromatic carbocycles. The van der Waals surface area contributed by atoms with Gasteiger partial charge in [-0.05, 0) is 46.8 Å². The molecule has 0 N–H and O–H groups in total. The van der Waals surface area contributed by atoms with Crippen molar-refractivity contribution >= 4 is 0 Å². The average Bonchev–Trinajstić information content (AvgIpc) is 2.27. The van der Waals surface area contributed by atoms with Crippen LogP contribution in [0.3, 0.4) is 0 Å². The molecule has 0 radical (unpaired) electrons. The Bertz CT molecular complexity index is 364. The van der Waals surface area contributed by atoms with Gasteiger partial charge in [-0.25, -0.2) is 0 Å². The first-order valence-corrected chi connectivity index (χ1v) is 7.51. The van der Waals surface area contributed by atoms with Gasteiger partial charge in [0.15, 0.2) is 0 Å². The molecule has 0 saturated heterocycles. The van der Waals surface area contributed by atoms with Gasteiger partial charge in [-0.2, -0.15) is 0 Å². The Balaban J connectivity index is 3.38. The number of hydrogen-bond acceptors (Lipinski definition) is 0. The van der Waals surface area contributed by atoms with E-state index < -0.39 is 0 Å². The maximum Gasteiger partial charge on any atom is -0.0113 e. The molecule has 0 aromatic heterocycles. The molecular formula is C18H30. The van der Waals surface area contributed by atoms with E-state index in [9.17, 15) is 0 Å². The Labute approximate surface area is 114 Å². The lowest BCUT2D eigenvalue weighted by atomic mass is 9.75. The van der Waals surface area contributed by atoms with Crippen LogP contribution < -0.4 is 0 Å². The molecule has 0 amide bonds. The fourth-order valence-electron chi connectivity index (χ4n) is 3.42. The van der Waals surface area contributed by atoms with Crippen LogP contribution in [0.25, 0.3) is 0 Å². The SMILES string of the molecule is CCc1cccc(C(C(C)C)C(C)C)c1C(C)C. The lowest BCUT2D eigenvalue weighted by Gasteiger charge is -2.30. The fraction of sp³-hybridized carbons (Fsp3) is 0.667. The van der Waals surface area contributed by atoms with Gasteiger partial charge in [0.05, 0.1) is 0 Å². The first kappa shape index (κ1) is 15.3. The van der Waals surface area contributed by atoms with Crippen molar-refractivity contribution in [3.8, 4) is 0 Å². The second-order valence-corrected chi connectivity index (χ2v) is 6.44. The maximum absolute atomic E-state index is 2.36. The van der Waals surface area contributed by atoms with E-state index in [-0.39, 0.29) is 0 Å². The minimum Gasteiger partial charge on any atom is -0.0622 e. The predicted molar refractivity (Wildman–Crippen MR) is 82.3 cm³/mol. The second-order valence-electron chi connectivity index (χ2n) is 6.44. The first-order chi connectivity index (χ1) is 8.40. The number of aryl methyl sites for hydroxylation is 1. The fourth-order valence-corrected chi connectivity index (χ4v) is 3.42. The third kappa shape index (κ3) is 3.16. The Hall–Kier alpha value is -0.780. The van der Waals surface area contributed by atoms with Crippen molar-refractivity contribution < 1.29 is 0 Å². The van der Waals surface area contributed by atoms with Crippen LogP contribution >= 0.6 is 0 Å². The van der Waals surface area contributed by atoms with Crippen molar-refractivity contribution in [1.82, 2.24) is 0 Å². The highest BCUT2D eigenvalue weighted by molar-refractivity contribution is 5.40. The molecule has 1 aromatic rings. The van der Waals surface area contributed by atoms with E-state index in [2.05, 4.69) is 66.7 Å². The molecule has 0 atom stereocenters. The van der Waals surface area contributed by atoms with Crippen molar-refractivity contribution in [2.24, 2.45) is 11.8 Å². The van der Waals surface area contributed by atoms with Crippen LogP contribution in [0, 0.1) is 11.8 Å². The topological polar surface area (TPSA) is 0 Å². The molecule has 0 saturated carbocycles. The molecule has 0 heterocycles. The highest BCUT2D eigenvalue weighted by atomic mass is 14.3. The summed E-state index contributed by atoms with van der Waals surface area (Å²) in [6, 6.07) is 6.91. The zero-order chi connectivity index (χ0) is 13.9. The number of hydrogen-bond donors (Lipinski definition) is 0. The quantitative estimate of drug-likeness (QED) is 0.619. The maximum atomic E-state index is 2.36. The van der Waals surface area contributed by atoms with E-state index in [0.717, 1.165) is 6.42 Å². The van der Waals surface area contributed by atoms with E-state index in [1.807, 2.05) is 0 Å². The molecule has 0 nitrogen and oxygen atoms in total. The standard InChI is InChI=1S/C18H30/c1-8-15-10-9-11-16(18(15)14(6)7)17(12(2)3)13(4)5/h9-14,17H,8H2,1-7H3. The lowest BCUT2D eigenvalue weighted by Crippen LogP contribution is -2.17.